The Morgan fingerprint density at radius 1 is 1.13 bits per heavy atom. The zero-order valence-electron chi connectivity index (χ0n) is 7.70. The van der Waals surface area contributed by atoms with Crippen LogP contribution in [0.25, 0.3) is 0 Å². The van der Waals surface area contributed by atoms with Gasteiger partial charge in [-0.2, -0.15) is 17.6 Å². The lowest BCUT2D eigenvalue weighted by atomic mass is 10.2. The summed E-state index contributed by atoms with van der Waals surface area (Å²) in [7, 11) is 0. The Labute approximate surface area is 92.6 Å². The van der Waals surface area contributed by atoms with Crippen LogP contribution in [0.3, 0.4) is 0 Å². The van der Waals surface area contributed by atoms with Crippen molar-refractivity contribution in [3.8, 4) is 0 Å². The van der Waals surface area contributed by atoms with Gasteiger partial charge in [-0.1, -0.05) is 18.2 Å². The molecule has 0 saturated carbocycles. The Kier molecular flexibility index (Phi) is 3.28. The molecule has 0 spiro atoms. The summed E-state index contributed by atoms with van der Waals surface area (Å²) in [6.07, 6.45) is 0. The third-order valence-corrected chi connectivity index (χ3v) is 2.29. The lowest BCUT2D eigenvalue weighted by Crippen LogP contribution is -2.42. The number of nitrogens with one attached hydrogen (secondary N) is 1. The van der Waals surface area contributed by atoms with Crippen LogP contribution in [0.15, 0.2) is 24.3 Å². The molecule has 1 nitrogen and oxygen atoms in total. The average molecular weight is 286 g/mol. The Morgan fingerprint density at radius 3 is 2.13 bits per heavy atom. The van der Waals surface area contributed by atoms with E-state index >= 15 is 0 Å². The largest absolute Gasteiger partial charge is 0.396 e. The standard InChI is InChI=1S/C9H8BrF4N/c1-6-4-2-3-5-7(6)15-9(13,14)8(10,11)12/h2-5,15H,1H3. The Balaban J connectivity index is 2.92. The molecule has 0 amide bonds. The van der Waals surface area contributed by atoms with Crippen LogP contribution in [0.2, 0.25) is 0 Å². The van der Waals surface area contributed by atoms with E-state index in [0.717, 1.165) is 0 Å². The molecule has 0 aliphatic rings. The van der Waals surface area contributed by atoms with Crippen molar-refractivity contribution >= 4 is 21.6 Å². The van der Waals surface area contributed by atoms with Crippen LogP contribution < -0.4 is 5.32 Å². The van der Waals surface area contributed by atoms with Crippen molar-refractivity contribution in [2.24, 2.45) is 0 Å². The summed E-state index contributed by atoms with van der Waals surface area (Å²) in [6.45, 7) is 1.55. The molecular formula is C9H8BrF4N. The highest BCUT2D eigenvalue weighted by atomic mass is 79.9. The van der Waals surface area contributed by atoms with E-state index in [-0.39, 0.29) is 5.69 Å². The SMILES string of the molecule is Cc1ccccc1NC(F)(F)C(F)(F)Br. The number of hydrogen-bond acceptors (Lipinski definition) is 1. The molecule has 0 aliphatic heterocycles. The predicted molar refractivity (Wildman–Crippen MR) is 53.6 cm³/mol. The first-order valence-electron chi connectivity index (χ1n) is 4.02. The molecule has 1 rings (SSSR count). The number of benzene rings is 1. The number of alkyl halides is 5. The number of halogens is 5. The highest BCUT2D eigenvalue weighted by molar-refractivity contribution is 9.10. The van der Waals surface area contributed by atoms with E-state index in [1.807, 2.05) is 0 Å². The smallest absolute Gasteiger partial charge is 0.321 e. The van der Waals surface area contributed by atoms with Crippen LogP contribution >= 0.6 is 15.9 Å². The van der Waals surface area contributed by atoms with Crippen LogP contribution in [0.1, 0.15) is 5.56 Å². The number of para-hydroxylation sites is 1. The summed E-state index contributed by atoms with van der Waals surface area (Å²) < 4.78 is 50.6. The van der Waals surface area contributed by atoms with E-state index in [9.17, 15) is 17.6 Å². The second kappa shape index (κ2) is 4.00. The molecule has 0 fully saturated rings. The van der Waals surface area contributed by atoms with Crippen molar-refractivity contribution in [3.05, 3.63) is 29.8 Å². The maximum atomic E-state index is 12.9. The quantitative estimate of drug-likeness (QED) is 0.503. The zero-order valence-corrected chi connectivity index (χ0v) is 9.29. The number of rotatable bonds is 3. The summed E-state index contributed by atoms with van der Waals surface area (Å²) in [5, 5.41) is 1.50. The van der Waals surface area contributed by atoms with Crippen LogP contribution in [0, 0.1) is 6.92 Å². The molecule has 84 valence electrons. The van der Waals surface area contributed by atoms with E-state index in [2.05, 4.69) is 0 Å². The van der Waals surface area contributed by atoms with Crippen molar-refractivity contribution in [2.45, 2.75) is 17.8 Å². The minimum absolute atomic E-state index is 0.0263. The summed E-state index contributed by atoms with van der Waals surface area (Å²) in [4.78, 5) is -4.29. The fourth-order valence-corrected chi connectivity index (χ4v) is 1.05. The van der Waals surface area contributed by atoms with Gasteiger partial charge in [-0.25, -0.2) is 0 Å². The van der Waals surface area contributed by atoms with Crippen LogP contribution in [-0.2, 0) is 0 Å². The monoisotopic (exact) mass is 285 g/mol. The fourth-order valence-electron chi connectivity index (χ4n) is 0.953. The van der Waals surface area contributed by atoms with Crippen molar-refractivity contribution in [1.82, 2.24) is 0 Å². The van der Waals surface area contributed by atoms with Gasteiger partial charge >= 0.3 is 10.9 Å². The van der Waals surface area contributed by atoms with Crippen LogP contribution in [0.4, 0.5) is 23.2 Å². The normalized spacial score (nSPS) is 12.7. The summed E-state index contributed by atoms with van der Waals surface area (Å²) in [6, 6.07) is 1.63. The van der Waals surface area contributed by atoms with Crippen molar-refractivity contribution < 1.29 is 17.6 Å². The Bertz CT molecular complexity index is 348. The molecule has 0 saturated heterocycles. The molecule has 1 aromatic rings. The van der Waals surface area contributed by atoms with Gasteiger partial charge in [-0.05, 0) is 34.5 Å². The van der Waals surface area contributed by atoms with Gasteiger partial charge in [0.15, 0.2) is 0 Å². The third-order valence-electron chi connectivity index (χ3n) is 1.79. The molecule has 0 bridgehead atoms. The lowest BCUT2D eigenvalue weighted by Gasteiger charge is -2.24. The highest BCUT2D eigenvalue weighted by Gasteiger charge is 2.54. The fraction of sp³-hybridized carbons (Fsp3) is 0.333. The first-order chi connectivity index (χ1) is 6.74. The summed E-state index contributed by atoms with van der Waals surface area (Å²) in [5.74, 6) is 0. The second-order valence-corrected chi connectivity index (χ2v) is 4.01. The van der Waals surface area contributed by atoms with Gasteiger partial charge in [0.25, 0.3) is 0 Å². The van der Waals surface area contributed by atoms with Gasteiger partial charge in [0.2, 0.25) is 0 Å². The Hall–Kier alpha value is -0.780. The van der Waals surface area contributed by atoms with Gasteiger partial charge in [0.05, 0.1) is 0 Å². The van der Waals surface area contributed by atoms with E-state index in [1.165, 1.54) is 17.4 Å². The first kappa shape index (κ1) is 12.3. The molecule has 6 heteroatoms. The maximum absolute atomic E-state index is 12.9. The number of aryl methyl sites for hydroxylation is 1. The number of hydrogen-bond donors (Lipinski definition) is 1. The lowest BCUT2D eigenvalue weighted by molar-refractivity contribution is -0.125. The van der Waals surface area contributed by atoms with Gasteiger partial charge < -0.3 is 5.32 Å². The summed E-state index contributed by atoms with van der Waals surface area (Å²) in [5.41, 5.74) is 0.440. The Morgan fingerprint density at radius 2 is 1.67 bits per heavy atom. The van der Waals surface area contributed by atoms with Crippen LogP contribution in [-0.4, -0.2) is 10.9 Å². The third kappa shape index (κ3) is 2.84. The molecule has 0 heterocycles. The molecule has 0 radical (unpaired) electrons. The zero-order chi connectivity index (χ0) is 11.7. The minimum Gasteiger partial charge on any atom is -0.321 e. The topological polar surface area (TPSA) is 12.0 Å². The van der Waals surface area contributed by atoms with Crippen molar-refractivity contribution in [1.29, 1.82) is 0 Å². The molecule has 0 aromatic heterocycles. The van der Waals surface area contributed by atoms with Crippen molar-refractivity contribution in [3.63, 3.8) is 0 Å². The number of anilines is 1. The molecule has 0 unspecified atom stereocenters. The van der Waals surface area contributed by atoms with Crippen LogP contribution in [0.5, 0.6) is 0 Å². The van der Waals surface area contributed by atoms with E-state index < -0.39 is 10.9 Å². The minimum atomic E-state index is -4.33. The van der Waals surface area contributed by atoms with E-state index in [0.29, 0.717) is 5.56 Å². The van der Waals surface area contributed by atoms with Gasteiger partial charge in [0, 0.05) is 5.69 Å². The van der Waals surface area contributed by atoms with E-state index in [4.69, 9.17) is 0 Å². The van der Waals surface area contributed by atoms with Gasteiger partial charge in [0.1, 0.15) is 0 Å². The van der Waals surface area contributed by atoms with Crippen molar-refractivity contribution in [2.75, 3.05) is 5.32 Å². The molecular weight excluding hydrogens is 278 g/mol. The highest BCUT2D eigenvalue weighted by Crippen LogP contribution is 2.40. The average Bonchev–Trinajstić information content (AvgIpc) is 2.06. The van der Waals surface area contributed by atoms with Gasteiger partial charge in [-0.15, -0.1) is 0 Å². The van der Waals surface area contributed by atoms with E-state index in [1.54, 1.807) is 35.0 Å². The molecule has 1 aromatic carbocycles. The maximum Gasteiger partial charge on any atom is 0.396 e. The summed E-state index contributed by atoms with van der Waals surface area (Å²) >= 11 is 1.64. The molecule has 1 N–H and O–H groups in total. The first-order valence-corrected chi connectivity index (χ1v) is 4.82. The predicted octanol–water partition coefficient (Wildman–Crippen LogP) is 3.99. The molecule has 0 aliphatic carbocycles. The molecule has 15 heavy (non-hydrogen) atoms. The molecule has 0 atom stereocenters. The van der Waals surface area contributed by atoms with Gasteiger partial charge in [-0.3, -0.25) is 0 Å². The second-order valence-electron chi connectivity index (χ2n) is 3.01.